The number of esters is 1. The third kappa shape index (κ3) is 3.17. The molecule has 0 fully saturated rings. The fourth-order valence-electron chi connectivity index (χ4n) is 1.60. The Bertz CT molecular complexity index is 618. The molecular formula is C14H13NO5. The molecule has 0 aliphatic carbocycles. The molecule has 0 spiro atoms. The first kappa shape index (κ1) is 13.7. The summed E-state index contributed by atoms with van der Waals surface area (Å²) in [7, 11) is 1.28. The summed E-state index contributed by atoms with van der Waals surface area (Å²) in [6.07, 6.45) is 1.28. The van der Waals surface area contributed by atoms with Crippen LogP contribution in [0.5, 0.6) is 5.75 Å². The van der Waals surface area contributed by atoms with Crippen molar-refractivity contribution < 1.29 is 23.9 Å². The number of carbonyl (C=O) groups is 1. The third-order valence-electron chi connectivity index (χ3n) is 2.53. The van der Waals surface area contributed by atoms with Crippen LogP contribution in [0.25, 0.3) is 0 Å². The van der Waals surface area contributed by atoms with Crippen molar-refractivity contribution in [2.45, 2.75) is 6.61 Å². The summed E-state index contributed by atoms with van der Waals surface area (Å²) >= 11 is 0. The highest BCUT2D eigenvalue weighted by Crippen LogP contribution is 2.18. The van der Waals surface area contributed by atoms with Gasteiger partial charge in [0.2, 0.25) is 5.76 Å². The predicted octanol–water partition coefficient (Wildman–Crippen LogP) is 2.45. The molecule has 0 unspecified atom stereocenters. The molecule has 0 amide bonds. The number of ether oxygens (including phenoxy) is 2. The van der Waals surface area contributed by atoms with Crippen LogP contribution in [-0.2, 0) is 11.3 Å². The van der Waals surface area contributed by atoms with E-state index >= 15 is 0 Å². The first-order valence-electron chi connectivity index (χ1n) is 5.81. The van der Waals surface area contributed by atoms with E-state index in [9.17, 15) is 4.79 Å². The van der Waals surface area contributed by atoms with Crippen molar-refractivity contribution in [2.75, 3.05) is 7.11 Å². The Hall–Kier alpha value is -2.76. The fourth-order valence-corrected chi connectivity index (χ4v) is 1.60. The van der Waals surface area contributed by atoms with Gasteiger partial charge in [0.15, 0.2) is 0 Å². The number of carbonyl (C=O) groups excluding carboxylic acids is 1. The van der Waals surface area contributed by atoms with Gasteiger partial charge >= 0.3 is 5.97 Å². The minimum atomic E-state index is -0.538. The minimum absolute atomic E-state index is 0.122. The van der Waals surface area contributed by atoms with E-state index in [0.717, 1.165) is 0 Å². The molecule has 1 N–H and O–H groups in total. The standard InChI is InChI=1S/C14H13NO5/c1-18-14(16)13-7-6-11(20-13)9-19-12-5-3-2-4-10(12)8-15-17/h2-8,17H,9H2,1H3. The van der Waals surface area contributed by atoms with Gasteiger partial charge < -0.3 is 19.1 Å². The predicted molar refractivity (Wildman–Crippen MR) is 70.2 cm³/mol. The fraction of sp³-hybridized carbons (Fsp3) is 0.143. The first-order valence-corrected chi connectivity index (χ1v) is 5.81. The van der Waals surface area contributed by atoms with Crippen LogP contribution in [0.2, 0.25) is 0 Å². The highest BCUT2D eigenvalue weighted by atomic mass is 16.5. The van der Waals surface area contributed by atoms with Gasteiger partial charge in [-0.2, -0.15) is 0 Å². The highest BCUT2D eigenvalue weighted by molar-refractivity contribution is 5.86. The lowest BCUT2D eigenvalue weighted by Crippen LogP contribution is -1.99. The highest BCUT2D eigenvalue weighted by Gasteiger charge is 2.11. The van der Waals surface area contributed by atoms with E-state index in [1.54, 1.807) is 30.3 Å². The molecule has 0 radical (unpaired) electrons. The van der Waals surface area contributed by atoms with Crippen molar-refractivity contribution in [3.63, 3.8) is 0 Å². The lowest BCUT2D eigenvalue weighted by Gasteiger charge is -2.06. The molecule has 0 saturated heterocycles. The molecule has 20 heavy (non-hydrogen) atoms. The number of hydrogen-bond donors (Lipinski definition) is 1. The molecule has 0 bridgehead atoms. The Morgan fingerprint density at radius 2 is 2.15 bits per heavy atom. The van der Waals surface area contributed by atoms with Crippen LogP contribution < -0.4 is 4.74 Å². The Kier molecular flexibility index (Phi) is 4.39. The number of methoxy groups -OCH3 is 1. The second-order valence-electron chi connectivity index (χ2n) is 3.83. The molecular weight excluding hydrogens is 262 g/mol. The lowest BCUT2D eigenvalue weighted by molar-refractivity contribution is 0.0561. The van der Waals surface area contributed by atoms with E-state index < -0.39 is 5.97 Å². The van der Waals surface area contributed by atoms with Gasteiger partial charge in [-0.25, -0.2) is 4.79 Å². The van der Waals surface area contributed by atoms with Gasteiger partial charge in [-0.1, -0.05) is 17.3 Å². The van der Waals surface area contributed by atoms with Gasteiger partial charge in [-0.3, -0.25) is 0 Å². The Labute approximate surface area is 115 Å². The Morgan fingerprint density at radius 1 is 1.35 bits per heavy atom. The summed E-state index contributed by atoms with van der Waals surface area (Å²) < 4.78 is 15.4. The number of nitrogens with zero attached hydrogens (tertiary/aromatic N) is 1. The Morgan fingerprint density at radius 3 is 2.90 bits per heavy atom. The largest absolute Gasteiger partial charge is 0.485 e. The zero-order valence-corrected chi connectivity index (χ0v) is 10.8. The maximum atomic E-state index is 11.2. The molecule has 104 valence electrons. The van der Waals surface area contributed by atoms with Gasteiger partial charge in [0.25, 0.3) is 0 Å². The summed E-state index contributed by atoms with van der Waals surface area (Å²) in [5.74, 6) is 0.614. The maximum absolute atomic E-state index is 11.2. The quantitative estimate of drug-likeness (QED) is 0.392. The second kappa shape index (κ2) is 6.42. The summed E-state index contributed by atoms with van der Waals surface area (Å²) in [6.45, 7) is 0.146. The van der Waals surface area contributed by atoms with Crippen molar-refractivity contribution in [1.82, 2.24) is 0 Å². The van der Waals surface area contributed by atoms with Crippen molar-refractivity contribution in [3.05, 3.63) is 53.5 Å². The number of rotatable bonds is 5. The van der Waals surface area contributed by atoms with E-state index in [-0.39, 0.29) is 12.4 Å². The molecule has 0 atom stereocenters. The molecule has 2 rings (SSSR count). The summed E-state index contributed by atoms with van der Waals surface area (Å²) in [6, 6.07) is 10.2. The van der Waals surface area contributed by atoms with Crippen LogP contribution in [0.15, 0.2) is 46.0 Å². The van der Waals surface area contributed by atoms with Crippen LogP contribution in [0, 0.1) is 0 Å². The van der Waals surface area contributed by atoms with Crippen LogP contribution in [0.4, 0.5) is 0 Å². The maximum Gasteiger partial charge on any atom is 0.373 e. The number of furan rings is 1. The normalized spacial score (nSPS) is 10.7. The molecule has 1 aromatic carbocycles. The van der Waals surface area contributed by atoms with E-state index in [2.05, 4.69) is 9.89 Å². The van der Waals surface area contributed by atoms with Gasteiger partial charge in [0, 0.05) is 5.56 Å². The molecule has 0 aliphatic rings. The zero-order valence-electron chi connectivity index (χ0n) is 10.8. The van der Waals surface area contributed by atoms with E-state index in [1.165, 1.54) is 19.4 Å². The minimum Gasteiger partial charge on any atom is -0.485 e. The van der Waals surface area contributed by atoms with Crippen LogP contribution in [0.1, 0.15) is 21.9 Å². The monoisotopic (exact) mass is 275 g/mol. The summed E-state index contributed by atoms with van der Waals surface area (Å²) in [4.78, 5) is 11.2. The molecule has 1 heterocycles. The average molecular weight is 275 g/mol. The molecule has 0 saturated carbocycles. The van der Waals surface area contributed by atoms with Crippen LogP contribution in [-0.4, -0.2) is 24.5 Å². The van der Waals surface area contributed by atoms with Gasteiger partial charge in [0.05, 0.1) is 13.3 Å². The van der Waals surface area contributed by atoms with Crippen LogP contribution in [0.3, 0.4) is 0 Å². The zero-order chi connectivity index (χ0) is 14.4. The average Bonchev–Trinajstić information content (AvgIpc) is 2.95. The van der Waals surface area contributed by atoms with Crippen LogP contribution >= 0.6 is 0 Å². The van der Waals surface area contributed by atoms with Gasteiger partial charge in [-0.15, -0.1) is 0 Å². The Balaban J connectivity index is 2.05. The second-order valence-corrected chi connectivity index (χ2v) is 3.83. The van der Waals surface area contributed by atoms with Crippen molar-refractivity contribution in [1.29, 1.82) is 0 Å². The lowest BCUT2D eigenvalue weighted by atomic mass is 10.2. The van der Waals surface area contributed by atoms with Gasteiger partial charge in [-0.05, 0) is 24.3 Å². The summed E-state index contributed by atoms with van der Waals surface area (Å²) in [5, 5.41) is 11.5. The topological polar surface area (TPSA) is 81.3 Å². The number of oxime groups is 1. The molecule has 2 aromatic rings. The van der Waals surface area contributed by atoms with E-state index in [0.29, 0.717) is 17.1 Å². The number of para-hydroxylation sites is 1. The molecule has 0 aliphatic heterocycles. The number of hydrogen-bond acceptors (Lipinski definition) is 6. The molecule has 1 aromatic heterocycles. The van der Waals surface area contributed by atoms with Crippen molar-refractivity contribution >= 4 is 12.2 Å². The van der Waals surface area contributed by atoms with Gasteiger partial charge in [0.1, 0.15) is 18.1 Å². The number of benzene rings is 1. The van der Waals surface area contributed by atoms with E-state index in [4.69, 9.17) is 14.4 Å². The molecule has 6 nitrogen and oxygen atoms in total. The van der Waals surface area contributed by atoms with Crippen molar-refractivity contribution in [3.8, 4) is 5.75 Å². The summed E-state index contributed by atoms with van der Waals surface area (Å²) in [5.41, 5.74) is 0.634. The third-order valence-corrected chi connectivity index (χ3v) is 2.53. The van der Waals surface area contributed by atoms with E-state index in [1.807, 2.05) is 0 Å². The SMILES string of the molecule is COC(=O)c1ccc(COc2ccccc2C=NO)o1. The molecule has 6 heteroatoms. The first-order chi connectivity index (χ1) is 9.74. The van der Waals surface area contributed by atoms with Crippen molar-refractivity contribution in [2.24, 2.45) is 5.16 Å². The smallest absolute Gasteiger partial charge is 0.373 e.